The molecule has 0 radical (unpaired) electrons. The number of anilines is 1. The largest absolute Gasteiger partial charge is 0.469 e. The number of carbonyl (C=O) groups excluding carboxylic acids is 1. The molecule has 0 bridgehead atoms. The van der Waals surface area contributed by atoms with Crippen LogP contribution in [-0.2, 0) is 9.53 Å². The van der Waals surface area contributed by atoms with Crippen LogP contribution in [0.3, 0.4) is 0 Å². The molecular formula is C9H12N6O2. The second-order valence-corrected chi connectivity index (χ2v) is 3.47. The minimum Gasteiger partial charge on any atom is -0.469 e. The van der Waals surface area contributed by atoms with Crippen LogP contribution >= 0.6 is 0 Å². The van der Waals surface area contributed by atoms with Gasteiger partial charge in [0.25, 0.3) is 0 Å². The second kappa shape index (κ2) is 4.73. The van der Waals surface area contributed by atoms with Crippen molar-refractivity contribution in [3.05, 3.63) is 12.1 Å². The molecule has 0 fully saturated rings. The highest BCUT2D eigenvalue weighted by Gasteiger charge is 2.08. The van der Waals surface area contributed by atoms with Gasteiger partial charge in [-0.15, -0.1) is 14.8 Å². The third kappa shape index (κ3) is 2.47. The lowest BCUT2D eigenvalue weighted by Crippen LogP contribution is -2.23. The minimum atomic E-state index is -0.250. The van der Waals surface area contributed by atoms with Crippen LogP contribution in [0.1, 0.15) is 6.42 Å². The van der Waals surface area contributed by atoms with Crippen LogP contribution in [0.4, 0.5) is 5.82 Å². The van der Waals surface area contributed by atoms with Gasteiger partial charge in [0.05, 0.1) is 13.5 Å². The molecule has 8 nitrogen and oxygen atoms in total. The lowest BCUT2D eigenvalue weighted by atomic mass is 10.4. The highest BCUT2D eigenvalue weighted by atomic mass is 16.5. The lowest BCUT2D eigenvalue weighted by Gasteiger charge is -2.16. The van der Waals surface area contributed by atoms with Crippen LogP contribution in [-0.4, -0.2) is 51.9 Å². The molecule has 0 aliphatic heterocycles. The summed E-state index contributed by atoms with van der Waals surface area (Å²) >= 11 is 0. The Morgan fingerprint density at radius 2 is 2.35 bits per heavy atom. The zero-order valence-corrected chi connectivity index (χ0v) is 9.57. The number of carbonyl (C=O) groups is 1. The van der Waals surface area contributed by atoms with E-state index in [1.54, 1.807) is 12.1 Å². The zero-order valence-electron chi connectivity index (χ0n) is 9.57. The van der Waals surface area contributed by atoms with E-state index in [1.165, 1.54) is 11.7 Å². The van der Waals surface area contributed by atoms with E-state index >= 15 is 0 Å². The first-order valence-corrected chi connectivity index (χ1v) is 5.04. The maximum Gasteiger partial charge on any atom is 0.307 e. The predicted molar refractivity (Wildman–Crippen MR) is 58.5 cm³/mol. The van der Waals surface area contributed by atoms with Crippen molar-refractivity contribution in [2.45, 2.75) is 6.42 Å². The molecule has 8 heteroatoms. The Morgan fingerprint density at radius 3 is 3.12 bits per heavy atom. The molecule has 0 aliphatic rings. The quantitative estimate of drug-likeness (QED) is 0.662. The van der Waals surface area contributed by atoms with Gasteiger partial charge in [-0.3, -0.25) is 4.79 Å². The Kier molecular flexibility index (Phi) is 3.12. The molecule has 2 aromatic rings. The van der Waals surface area contributed by atoms with Gasteiger partial charge >= 0.3 is 5.97 Å². The SMILES string of the molecule is COC(=O)CCN(C)c1ccc2nnnn2n1. The molecule has 2 rings (SSSR count). The van der Waals surface area contributed by atoms with Crippen molar-refractivity contribution in [2.75, 3.05) is 25.6 Å². The van der Waals surface area contributed by atoms with Gasteiger partial charge in [0.15, 0.2) is 11.5 Å². The van der Waals surface area contributed by atoms with Crippen LogP contribution in [0.25, 0.3) is 5.65 Å². The first-order valence-electron chi connectivity index (χ1n) is 5.04. The van der Waals surface area contributed by atoms with E-state index in [4.69, 9.17) is 0 Å². The van der Waals surface area contributed by atoms with Gasteiger partial charge in [-0.1, -0.05) is 0 Å². The number of hydrogen-bond acceptors (Lipinski definition) is 7. The van der Waals surface area contributed by atoms with Gasteiger partial charge in [0.1, 0.15) is 0 Å². The molecule has 0 saturated carbocycles. The Hall–Kier alpha value is -2.25. The van der Waals surface area contributed by atoms with E-state index in [0.29, 0.717) is 24.4 Å². The average Bonchev–Trinajstić information content (AvgIpc) is 2.82. The topological polar surface area (TPSA) is 85.5 Å². The van der Waals surface area contributed by atoms with Gasteiger partial charge in [-0.25, -0.2) is 0 Å². The fourth-order valence-electron chi connectivity index (χ4n) is 1.32. The van der Waals surface area contributed by atoms with E-state index in [0.717, 1.165) is 0 Å². The molecule has 0 amide bonds. The number of methoxy groups -OCH3 is 1. The number of tetrazole rings is 1. The molecular weight excluding hydrogens is 224 g/mol. The van der Waals surface area contributed by atoms with Gasteiger partial charge in [0.2, 0.25) is 0 Å². The third-order valence-electron chi connectivity index (χ3n) is 2.33. The van der Waals surface area contributed by atoms with Gasteiger partial charge in [-0.2, -0.15) is 0 Å². The molecule has 2 heterocycles. The minimum absolute atomic E-state index is 0.250. The van der Waals surface area contributed by atoms with Crippen LogP contribution in [0.15, 0.2) is 12.1 Å². The molecule has 0 unspecified atom stereocenters. The number of esters is 1. The molecule has 17 heavy (non-hydrogen) atoms. The smallest absolute Gasteiger partial charge is 0.307 e. The Morgan fingerprint density at radius 1 is 1.53 bits per heavy atom. The highest BCUT2D eigenvalue weighted by molar-refractivity contribution is 5.69. The summed E-state index contributed by atoms with van der Waals surface area (Å²) < 4.78 is 5.91. The second-order valence-electron chi connectivity index (χ2n) is 3.47. The summed E-state index contributed by atoms with van der Waals surface area (Å²) in [6, 6.07) is 3.56. The van der Waals surface area contributed by atoms with Gasteiger partial charge in [0, 0.05) is 13.6 Å². The standard InChI is InChI=1S/C9H12N6O2/c1-14(6-5-9(16)17-2)8-4-3-7-10-12-13-15(7)11-8/h3-4H,5-6H2,1-2H3. The number of hydrogen-bond donors (Lipinski definition) is 0. The van der Waals surface area contributed by atoms with Crippen molar-refractivity contribution < 1.29 is 9.53 Å². The predicted octanol–water partition coefficient (Wildman–Crippen LogP) is -0.481. The Labute approximate surface area is 97.2 Å². The number of ether oxygens (including phenoxy) is 1. The van der Waals surface area contributed by atoms with E-state index in [2.05, 4.69) is 25.4 Å². The van der Waals surface area contributed by atoms with Crippen molar-refractivity contribution >= 4 is 17.4 Å². The normalized spacial score (nSPS) is 10.5. The van der Waals surface area contributed by atoms with Crippen LogP contribution in [0, 0.1) is 0 Å². The van der Waals surface area contributed by atoms with Crippen LogP contribution in [0.5, 0.6) is 0 Å². The summed E-state index contributed by atoms with van der Waals surface area (Å²) in [5, 5.41) is 15.1. The van der Waals surface area contributed by atoms with E-state index in [9.17, 15) is 4.79 Å². The van der Waals surface area contributed by atoms with E-state index < -0.39 is 0 Å². The van der Waals surface area contributed by atoms with Crippen molar-refractivity contribution in [3.63, 3.8) is 0 Å². The molecule has 0 aliphatic carbocycles. The maximum absolute atomic E-state index is 11.0. The van der Waals surface area contributed by atoms with Gasteiger partial charge in [-0.05, 0) is 22.6 Å². The van der Waals surface area contributed by atoms with E-state index in [1.807, 2.05) is 11.9 Å². The first-order chi connectivity index (χ1) is 8.20. The molecule has 0 spiro atoms. The lowest BCUT2D eigenvalue weighted by molar-refractivity contribution is -0.140. The average molecular weight is 236 g/mol. The highest BCUT2D eigenvalue weighted by Crippen LogP contribution is 2.08. The van der Waals surface area contributed by atoms with Crippen molar-refractivity contribution in [3.8, 4) is 0 Å². The van der Waals surface area contributed by atoms with Crippen LogP contribution < -0.4 is 4.90 Å². The zero-order chi connectivity index (χ0) is 12.3. The maximum atomic E-state index is 11.0. The number of nitrogens with zero attached hydrogens (tertiary/aromatic N) is 6. The summed E-state index contributed by atoms with van der Waals surface area (Å²) in [7, 11) is 3.20. The monoisotopic (exact) mass is 236 g/mol. The molecule has 0 aromatic carbocycles. The summed E-state index contributed by atoms with van der Waals surface area (Å²) in [6.45, 7) is 0.521. The number of rotatable bonds is 4. The summed E-state index contributed by atoms with van der Waals surface area (Å²) in [5.74, 6) is 0.439. The fourth-order valence-corrected chi connectivity index (χ4v) is 1.32. The summed E-state index contributed by atoms with van der Waals surface area (Å²) in [4.78, 5) is 12.8. The summed E-state index contributed by atoms with van der Waals surface area (Å²) in [5.41, 5.74) is 0.579. The molecule has 90 valence electrons. The van der Waals surface area contributed by atoms with Crippen LogP contribution in [0.2, 0.25) is 0 Å². The molecule has 2 aromatic heterocycles. The summed E-state index contributed by atoms with van der Waals surface area (Å²) in [6.07, 6.45) is 0.308. The molecule has 0 saturated heterocycles. The number of aromatic nitrogens is 5. The molecule has 0 atom stereocenters. The fraction of sp³-hybridized carbons (Fsp3) is 0.444. The molecule has 0 N–H and O–H groups in total. The van der Waals surface area contributed by atoms with Crippen molar-refractivity contribution in [2.24, 2.45) is 0 Å². The van der Waals surface area contributed by atoms with Crippen molar-refractivity contribution in [1.82, 2.24) is 25.3 Å². The Balaban J connectivity index is 2.07. The third-order valence-corrected chi connectivity index (χ3v) is 2.33. The number of fused-ring (bicyclic) bond motifs is 1. The Bertz CT molecular complexity index is 525. The van der Waals surface area contributed by atoms with E-state index in [-0.39, 0.29) is 5.97 Å². The van der Waals surface area contributed by atoms with Crippen molar-refractivity contribution in [1.29, 1.82) is 0 Å². The van der Waals surface area contributed by atoms with Gasteiger partial charge < -0.3 is 9.64 Å². The first kappa shape index (κ1) is 11.2.